The van der Waals surface area contributed by atoms with Crippen LogP contribution in [-0.2, 0) is 0 Å². The van der Waals surface area contributed by atoms with Crippen LogP contribution >= 0.6 is 0 Å². The number of nitrogens with one attached hydrogen (secondary N) is 2. The molecule has 3 aromatic rings. The van der Waals surface area contributed by atoms with E-state index >= 15 is 0 Å². The Labute approximate surface area is 145 Å². The number of rotatable bonds is 3. The van der Waals surface area contributed by atoms with Gasteiger partial charge in [0.15, 0.2) is 0 Å². The van der Waals surface area contributed by atoms with Crippen molar-refractivity contribution in [3.63, 3.8) is 0 Å². The monoisotopic (exact) mass is 333 g/mol. The minimum atomic E-state index is 0.595. The summed E-state index contributed by atoms with van der Waals surface area (Å²) in [5, 5.41) is 14.1. The number of hydrogen-bond donors (Lipinski definition) is 2. The van der Waals surface area contributed by atoms with Gasteiger partial charge in [0.2, 0.25) is 5.95 Å². The fourth-order valence-corrected chi connectivity index (χ4v) is 3.75. The van der Waals surface area contributed by atoms with E-state index in [1.54, 1.807) is 0 Å². The number of aromatic nitrogens is 5. The van der Waals surface area contributed by atoms with Crippen molar-refractivity contribution >= 4 is 34.6 Å². The standard InChI is InChI=1S/C18H19N7/c1-2-6-14(5-1)25-9-3-4-12-11-19-18(21-17(12)25)20-13-7-8-15-16(10-13)23-24-22-15/h3-4,7-8,10-11,14H,1-2,5-6,9H2,(H,19,20,21)(H,22,23,24). The molecule has 2 aromatic heterocycles. The first-order chi connectivity index (χ1) is 12.4. The Morgan fingerprint density at radius 3 is 2.92 bits per heavy atom. The first kappa shape index (κ1) is 14.4. The Kier molecular flexibility index (Phi) is 3.36. The molecule has 1 aromatic carbocycles. The van der Waals surface area contributed by atoms with Crippen LogP contribution in [0.5, 0.6) is 0 Å². The number of hydrogen-bond acceptors (Lipinski definition) is 6. The molecule has 2 aliphatic rings. The molecule has 1 aliphatic heterocycles. The normalized spacial score (nSPS) is 17.2. The summed E-state index contributed by atoms with van der Waals surface area (Å²) in [7, 11) is 0. The van der Waals surface area contributed by atoms with Gasteiger partial charge in [0.25, 0.3) is 0 Å². The summed E-state index contributed by atoms with van der Waals surface area (Å²) < 4.78 is 0. The van der Waals surface area contributed by atoms with Crippen molar-refractivity contribution in [3.8, 4) is 0 Å². The van der Waals surface area contributed by atoms with E-state index in [4.69, 9.17) is 4.98 Å². The fraction of sp³-hybridized carbons (Fsp3) is 0.333. The van der Waals surface area contributed by atoms with Crippen LogP contribution in [0.25, 0.3) is 17.1 Å². The molecule has 25 heavy (non-hydrogen) atoms. The highest BCUT2D eigenvalue weighted by atomic mass is 15.3. The van der Waals surface area contributed by atoms with Crippen LogP contribution in [0.3, 0.4) is 0 Å². The van der Waals surface area contributed by atoms with Crippen LogP contribution in [-0.4, -0.2) is 38.0 Å². The predicted octanol–water partition coefficient (Wildman–Crippen LogP) is 3.27. The number of nitrogens with zero attached hydrogens (tertiary/aromatic N) is 5. The van der Waals surface area contributed by atoms with Gasteiger partial charge in [0, 0.05) is 30.0 Å². The fourth-order valence-electron chi connectivity index (χ4n) is 3.75. The van der Waals surface area contributed by atoms with E-state index in [-0.39, 0.29) is 0 Å². The van der Waals surface area contributed by atoms with Crippen molar-refractivity contribution in [2.45, 2.75) is 31.7 Å². The van der Waals surface area contributed by atoms with Gasteiger partial charge in [-0.3, -0.25) is 0 Å². The summed E-state index contributed by atoms with van der Waals surface area (Å²) in [6.07, 6.45) is 11.4. The molecule has 0 saturated heterocycles. The van der Waals surface area contributed by atoms with Crippen molar-refractivity contribution in [2.24, 2.45) is 0 Å². The predicted molar refractivity (Wildman–Crippen MR) is 97.8 cm³/mol. The van der Waals surface area contributed by atoms with Gasteiger partial charge >= 0.3 is 0 Å². The van der Waals surface area contributed by atoms with Gasteiger partial charge in [-0.05, 0) is 31.0 Å². The highest BCUT2D eigenvalue weighted by molar-refractivity contribution is 5.79. The first-order valence-corrected chi connectivity index (χ1v) is 8.74. The van der Waals surface area contributed by atoms with Crippen LogP contribution in [0.1, 0.15) is 31.2 Å². The topological polar surface area (TPSA) is 82.6 Å². The minimum absolute atomic E-state index is 0.595. The lowest BCUT2D eigenvalue weighted by atomic mass is 10.1. The maximum absolute atomic E-state index is 4.81. The van der Waals surface area contributed by atoms with Crippen LogP contribution in [0.15, 0.2) is 30.5 Å². The number of fused-ring (bicyclic) bond motifs is 2. The third-order valence-corrected chi connectivity index (χ3v) is 5.01. The second-order valence-corrected chi connectivity index (χ2v) is 6.62. The van der Waals surface area contributed by atoms with Crippen LogP contribution in [0.4, 0.5) is 17.5 Å². The molecule has 0 atom stereocenters. The average molecular weight is 333 g/mol. The maximum Gasteiger partial charge on any atom is 0.229 e. The summed E-state index contributed by atoms with van der Waals surface area (Å²) in [5.74, 6) is 1.65. The van der Waals surface area contributed by atoms with Gasteiger partial charge in [-0.25, -0.2) is 4.98 Å². The van der Waals surface area contributed by atoms with Crippen LogP contribution in [0.2, 0.25) is 0 Å². The van der Waals surface area contributed by atoms with Crippen molar-refractivity contribution < 1.29 is 0 Å². The highest BCUT2D eigenvalue weighted by Gasteiger charge is 2.26. The van der Waals surface area contributed by atoms with Gasteiger partial charge in [-0.2, -0.15) is 20.4 Å². The van der Waals surface area contributed by atoms with Crippen molar-refractivity contribution in [1.82, 2.24) is 25.4 Å². The second-order valence-electron chi connectivity index (χ2n) is 6.62. The van der Waals surface area contributed by atoms with E-state index < -0.39 is 0 Å². The lowest BCUT2D eigenvalue weighted by Crippen LogP contribution is -2.36. The van der Waals surface area contributed by atoms with Crippen LogP contribution in [0, 0.1) is 0 Å². The molecule has 0 unspecified atom stereocenters. The summed E-state index contributed by atoms with van der Waals surface area (Å²) >= 11 is 0. The third kappa shape index (κ3) is 2.61. The lowest BCUT2D eigenvalue weighted by Gasteiger charge is -2.32. The Morgan fingerprint density at radius 2 is 2.00 bits per heavy atom. The summed E-state index contributed by atoms with van der Waals surface area (Å²) in [4.78, 5) is 11.7. The number of anilines is 3. The molecule has 2 N–H and O–H groups in total. The molecule has 3 heterocycles. The summed E-state index contributed by atoms with van der Waals surface area (Å²) in [5.41, 5.74) is 3.66. The quantitative estimate of drug-likeness (QED) is 0.765. The Balaban J connectivity index is 1.46. The van der Waals surface area contributed by atoms with E-state index in [0.29, 0.717) is 12.0 Å². The molecule has 1 fully saturated rings. The van der Waals surface area contributed by atoms with Crippen molar-refractivity contribution in [3.05, 3.63) is 36.0 Å². The number of H-pyrrole nitrogens is 1. The molecule has 7 heteroatoms. The largest absolute Gasteiger partial charge is 0.349 e. The smallest absolute Gasteiger partial charge is 0.229 e. The van der Waals surface area contributed by atoms with Gasteiger partial charge in [-0.1, -0.05) is 25.0 Å². The average Bonchev–Trinajstić information content (AvgIpc) is 3.32. The Morgan fingerprint density at radius 1 is 1.12 bits per heavy atom. The molecular formula is C18H19N7. The van der Waals surface area contributed by atoms with Crippen molar-refractivity contribution in [1.29, 1.82) is 0 Å². The summed E-state index contributed by atoms with van der Waals surface area (Å²) in [6.45, 7) is 0.930. The zero-order valence-corrected chi connectivity index (χ0v) is 13.8. The molecule has 0 spiro atoms. The molecule has 5 rings (SSSR count). The SMILES string of the molecule is C1=Cc2cnc(Nc3ccc4n[nH]nc4c3)nc2N(C2CCCC2)C1. The van der Waals surface area contributed by atoms with E-state index in [2.05, 4.69) is 42.8 Å². The lowest BCUT2D eigenvalue weighted by molar-refractivity contribution is 0.622. The summed E-state index contributed by atoms with van der Waals surface area (Å²) in [6, 6.07) is 6.42. The highest BCUT2D eigenvalue weighted by Crippen LogP contribution is 2.32. The van der Waals surface area contributed by atoms with Gasteiger partial charge in [0.1, 0.15) is 16.9 Å². The maximum atomic E-state index is 4.81. The van der Waals surface area contributed by atoms with E-state index in [1.165, 1.54) is 25.7 Å². The zero-order chi connectivity index (χ0) is 16.6. The molecule has 0 amide bonds. The third-order valence-electron chi connectivity index (χ3n) is 5.01. The van der Waals surface area contributed by atoms with Gasteiger partial charge in [-0.15, -0.1) is 0 Å². The Bertz CT molecular complexity index is 940. The van der Waals surface area contributed by atoms with Crippen molar-refractivity contribution in [2.75, 3.05) is 16.8 Å². The first-order valence-electron chi connectivity index (χ1n) is 8.74. The molecular weight excluding hydrogens is 314 g/mol. The number of aromatic amines is 1. The van der Waals surface area contributed by atoms with E-state index in [9.17, 15) is 0 Å². The number of benzene rings is 1. The zero-order valence-electron chi connectivity index (χ0n) is 13.8. The second kappa shape index (κ2) is 5.84. The van der Waals surface area contributed by atoms with Crippen LogP contribution < -0.4 is 10.2 Å². The van der Waals surface area contributed by atoms with Gasteiger partial charge < -0.3 is 10.2 Å². The molecule has 1 saturated carbocycles. The molecule has 0 radical (unpaired) electrons. The van der Waals surface area contributed by atoms with E-state index in [1.807, 2.05) is 24.4 Å². The molecule has 1 aliphatic carbocycles. The minimum Gasteiger partial charge on any atom is -0.349 e. The molecule has 0 bridgehead atoms. The Hall–Kier alpha value is -2.96. The molecule has 126 valence electrons. The van der Waals surface area contributed by atoms with E-state index in [0.717, 1.165) is 34.6 Å². The molecule has 7 nitrogen and oxygen atoms in total. The van der Waals surface area contributed by atoms with Gasteiger partial charge in [0.05, 0.1) is 0 Å².